The SMILES string of the molecule is O=C(CO)[C@H](CO)OP(=O)(O)O. The van der Waals surface area contributed by atoms with Crippen molar-refractivity contribution in [1.82, 2.24) is 0 Å². The molecule has 4 N–H and O–H groups in total. The van der Waals surface area contributed by atoms with Gasteiger partial charge in [0.2, 0.25) is 0 Å². The van der Waals surface area contributed by atoms with E-state index in [-0.39, 0.29) is 0 Å². The first kappa shape index (κ1) is 11.7. The Kier molecular flexibility index (Phi) is 4.54. The number of aliphatic hydroxyl groups excluding tert-OH is 2. The summed E-state index contributed by atoms with van der Waals surface area (Å²) in [6, 6.07) is 0. The summed E-state index contributed by atoms with van der Waals surface area (Å²) in [4.78, 5) is 27.0. The van der Waals surface area contributed by atoms with Crippen LogP contribution in [-0.2, 0) is 13.9 Å². The Morgan fingerprint density at radius 3 is 2.17 bits per heavy atom. The molecule has 0 unspecified atom stereocenters. The smallest absolute Gasteiger partial charge is 0.393 e. The minimum absolute atomic E-state index is 0.884. The average Bonchev–Trinajstić information content (AvgIpc) is 1.97. The van der Waals surface area contributed by atoms with Crippen molar-refractivity contribution in [2.75, 3.05) is 13.2 Å². The fourth-order valence-electron chi connectivity index (χ4n) is 0.462. The molecule has 0 aromatic rings. The largest absolute Gasteiger partial charge is 0.470 e. The van der Waals surface area contributed by atoms with Crippen LogP contribution < -0.4 is 0 Å². The van der Waals surface area contributed by atoms with Gasteiger partial charge in [-0.3, -0.25) is 9.32 Å². The summed E-state index contributed by atoms with van der Waals surface area (Å²) in [5.41, 5.74) is 0. The molecule has 0 rings (SSSR count). The molecule has 7 nitrogen and oxygen atoms in total. The molecule has 0 aliphatic heterocycles. The van der Waals surface area contributed by atoms with Crippen LogP contribution in [0.1, 0.15) is 0 Å². The number of rotatable bonds is 5. The quantitative estimate of drug-likeness (QED) is 0.379. The number of carbonyl (C=O) groups excluding carboxylic acids is 1. The number of carbonyl (C=O) groups is 1. The van der Waals surface area contributed by atoms with Gasteiger partial charge in [-0.25, -0.2) is 4.57 Å². The Morgan fingerprint density at radius 2 is 1.92 bits per heavy atom. The number of phosphoric acid groups is 1. The zero-order valence-corrected chi connectivity index (χ0v) is 6.85. The van der Waals surface area contributed by atoms with E-state index in [4.69, 9.17) is 20.0 Å². The van der Waals surface area contributed by atoms with Crippen molar-refractivity contribution in [2.24, 2.45) is 0 Å². The maximum Gasteiger partial charge on any atom is 0.470 e. The fourth-order valence-corrected chi connectivity index (χ4v) is 0.977. The predicted octanol–water partition coefficient (Wildman–Crippen LogP) is -1.98. The van der Waals surface area contributed by atoms with Gasteiger partial charge in [0.25, 0.3) is 0 Å². The lowest BCUT2D eigenvalue weighted by Crippen LogP contribution is -2.29. The third-order valence-electron chi connectivity index (χ3n) is 0.945. The highest BCUT2D eigenvalue weighted by Crippen LogP contribution is 2.37. The second kappa shape index (κ2) is 4.66. The van der Waals surface area contributed by atoms with Crippen LogP contribution in [0.3, 0.4) is 0 Å². The Hall–Kier alpha value is -0.300. The van der Waals surface area contributed by atoms with Crippen molar-refractivity contribution in [1.29, 1.82) is 0 Å². The minimum Gasteiger partial charge on any atom is -0.393 e. The second-order valence-corrected chi connectivity index (χ2v) is 3.08. The first-order valence-corrected chi connectivity index (χ1v) is 4.42. The van der Waals surface area contributed by atoms with Gasteiger partial charge in [0.15, 0.2) is 11.9 Å². The summed E-state index contributed by atoms with van der Waals surface area (Å²) in [5.74, 6) is -0.985. The molecular formula is C4H9O7P. The van der Waals surface area contributed by atoms with Crippen LogP contribution in [0.2, 0.25) is 0 Å². The number of ketones is 1. The number of Topliss-reactive ketones (excluding diaryl/α,β-unsaturated/α-hetero) is 1. The average molecular weight is 200 g/mol. The van der Waals surface area contributed by atoms with Crippen LogP contribution in [0.4, 0.5) is 0 Å². The van der Waals surface area contributed by atoms with Gasteiger partial charge >= 0.3 is 7.82 Å². The number of hydrogen-bond donors (Lipinski definition) is 4. The van der Waals surface area contributed by atoms with E-state index in [1.54, 1.807) is 0 Å². The summed E-state index contributed by atoms with van der Waals surface area (Å²) in [7, 11) is -4.80. The summed E-state index contributed by atoms with van der Waals surface area (Å²) in [5, 5.41) is 16.6. The van der Waals surface area contributed by atoms with Gasteiger partial charge in [-0.2, -0.15) is 0 Å². The molecule has 0 aromatic carbocycles. The molecule has 0 saturated heterocycles. The zero-order chi connectivity index (χ0) is 9.78. The summed E-state index contributed by atoms with van der Waals surface area (Å²) in [6.07, 6.45) is -1.67. The number of phosphoric ester groups is 1. The third kappa shape index (κ3) is 4.55. The van der Waals surface area contributed by atoms with Crippen LogP contribution in [0.5, 0.6) is 0 Å². The molecule has 0 spiro atoms. The van der Waals surface area contributed by atoms with E-state index in [9.17, 15) is 9.36 Å². The fraction of sp³-hybridized carbons (Fsp3) is 0.750. The first-order chi connectivity index (χ1) is 5.40. The lowest BCUT2D eigenvalue weighted by molar-refractivity contribution is -0.131. The lowest BCUT2D eigenvalue weighted by atomic mass is 10.2. The maximum absolute atomic E-state index is 10.5. The zero-order valence-electron chi connectivity index (χ0n) is 5.95. The summed E-state index contributed by atoms with van der Waals surface area (Å²) in [6.45, 7) is -1.82. The van der Waals surface area contributed by atoms with Crippen molar-refractivity contribution < 1.29 is 33.9 Å². The molecule has 0 radical (unpaired) electrons. The molecule has 0 aromatic heterocycles. The van der Waals surface area contributed by atoms with Gasteiger partial charge in [0.1, 0.15) is 6.61 Å². The highest BCUT2D eigenvalue weighted by Gasteiger charge is 2.26. The van der Waals surface area contributed by atoms with E-state index in [0.29, 0.717) is 0 Å². The molecule has 0 heterocycles. The predicted molar refractivity (Wildman–Crippen MR) is 36.1 cm³/mol. The summed E-state index contributed by atoms with van der Waals surface area (Å²) < 4.78 is 14.0. The molecule has 0 aliphatic carbocycles. The lowest BCUT2D eigenvalue weighted by Gasteiger charge is -2.12. The van der Waals surface area contributed by atoms with Crippen molar-refractivity contribution >= 4 is 13.6 Å². The Balaban J connectivity index is 4.19. The van der Waals surface area contributed by atoms with E-state index >= 15 is 0 Å². The first-order valence-electron chi connectivity index (χ1n) is 2.89. The normalized spacial score (nSPS) is 14.3. The van der Waals surface area contributed by atoms with Gasteiger partial charge in [0.05, 0.1) is 6.61 Å². The van der Waals surface area contributed by atoms with Crippen molar-refractivity contribution in [2.45, 2.75) is 6.10 Å². The minimum atomic E-state index is -4.80. The number of hydrogen-bond acceptors (Lipinski definition) is 5. The van der Waals surface area contributed by atoms with Gasteiger partial charge < -0.3 is 20.0 Å². The van der Waals surface area contributed by atoms with Crippen LogP contribution in [0.25, 0.3) is 0 Å². The Bertz CT molecular complexity index is 196. The van der Waals surface area contributed by atoms with E-state index in [2.05, 4.69) is 4.52 Å². The Labute approximate surface area is 67.8 Å². The molecule has 12 heavy (non-hydrogen) atoms. The maximum atomic E-state index is 10.5. The van der Waals surface area contributed by atoms with Crippen LogP contribution in [0, 0.1) is 0 Å². The third-order valence-corrected chi connectivity index (χ3v) is 1.47. The molecule has 0 aliphatic rings. The highest BCUT2D eigenvalue weighted by molar-refractivity contribution is 7.46. The van der Waals surface area contributed by atoms with Crippen molar-refractivity contribution in [3.05, 3.63) is 0 Å². The Morgan fingerprint density at radius 1 is 1.42 bits per heavy atom. The monoisotopic (exact) mass is 200 g/mol. The molecule has 0 bridgehead atoms. The topological polar surface area (TPSA) is 124 Å². The molecule has 0 saturated carbocycles. The molecule has 0 fully saturated rings. The van der Waals surface area contributed by atoms with Gasteiger partial charge in [-0.1, -0.05) is 0 Å². The molecule has 0 amide bonds. The standard InChI is InChI=1S/C4H9O7P/c5-1-3(7)4(2-6)11-12(8,9)10/h4-6H,1-2H2,(H2,8,9,10)/t4-/m0/s1. The van der Waals surface area contributed by atoms with E-state index in [0.717, 1.165) is 0 Å². The highest BCUT2D eigenvalue weighted by atomic mass is 31.2. The van der Waals surface area contributed by atoms with Crippen LogP contribution in [0.15, 0.2) is 0 Å². The number of aliphatic hydroxyl groups is 2. The molecular weight excluding hydrogens is 191 g/mol. The molecule has 8 heteroatoms. The van der Waals surface area contributed by atoms with Crippen molar-refractivity contribution in [3.63, 3.8) is 0 Å². The van der Waals surface area contributed by atoms with E-state index in [1.807, 2.05) is 0 Å². The van der Waals surface area contributed by atoms with Crippen molar-refractivity contribution in [3.8, 4) is 0 Å². The molecule has 72 valence electrons. The summed E-state index contributed by atoms with van der Waals surface area (Å²) >= 11 is 0. The van der Waals surface area contributed by atoms with Gasteiger partial charge in [-0.15, -0.1) is 0 Å². The second-order valence-electron chi connectivity index (χ2n) is 1.89. The van der Waals surface area contributed by atoms with Gasteiger partial charge in [0, 0.05) is 0 Å². The van der Waals surface area contributed by atoms with E-state index < -0.39 is 32.9 Å². The van der Waals surface area contributed by atoms with Gasteiger partial charge in [-0.05, 0) is 0 Å². The van der Waals surface area contributed by atoms with Crippen LogP contribution >= 0.6 is 7.82 Å². The van der Waals surface area contributed by atoms with Crippen LogP contribution in [-0.4, -0.2) is 45.1 Å². The van der Waals surface area contributed by atoms with E-state index in [1.165, 1.54) is 0 Å². The molecule has 1 atom stereocenters.